The maximum Gasteiger partial charge on any atom is 0.352 e. The zero-order chi connectivity index (χ0) is 17.5. The average molecular weight is 343 g/mol. The predicted molar refractivity (Wildman–Crippen MR) is 86.6 cm³/mol. The Morgan fingerprint density at radius 2 is 1.76 bits per heavy atom. The van der Waals surface area contributed by atoms with Crippen LogP contribution in [0.2, 0.25) is 0 Å². The number of hydrogen-bond donors (Lipinski definition) is 3. The lowest BCUT2D eigenvalue weighted by atomic mass is 9.74. The fraction of sp³-hybridized carbons (Fsp3) is 0.412. The second-order valence-corrected chi connectivity index (χ2v) is 6.92. The number of benzene rings is 1. The molecule has 2 aliphatic heterocycles. The van der Waals surface area contributed by atoms with E-state index in [1.807, 2.05) is 0 Å². The highest BCUT2D eigenvalue weighted by Crippen LogP contribution is 2.52. The van der Waals surface area contributed by atoms with Crippen LogP contribution in [0, 0.1) is 0 Å². The van der Waals surface area contributed by atoms with Crippen molar-refractivity contribution in [2.24, 2.45) is 0 Å². The molecular weight excluding hydrogens is 326 g/mol. The molecule has 2 aromatic rings. The number of aromatic nitrogens is 3. The van der Waals surface area contributed by atoms with Gasteiger partial charge in [-0.3, -0.25) is 0 Å². The molecule has 1 aromatic heterocycles. The molecule has 6 rings (SSSR count). The summed E-state index contributed by atoms with van der Waals surface area (Å²) < 4.78 is 3.51. The lowest BCUT2D eigenvalue weighted by Crippen LogP contribution is -2.66. The molecule has 3 N–H and O–H groups in total. The van der Waals surface area contributed by atoms with E-state index in [1.165, 1.54) is 9.36 Å². The van der Waals surface area contributed by atoms with E-state index in [4.69, 9.17) is 0 Å². The summed E-state index contributed by atoms with van der Waals surface area (Å²) in [6.07, 6.45) is -0.981. The monoisotopic (exact) mass is 343 g/mol. The van der Waals surface area contributed by atoms with Crippen LogP contribution in [0.25, 0.3) is 5.69 Å². The highest BCUT2D eigenvalue weighted by atomic mass is 16.3. The maximum atomic E-state index is 13.1. The summed E-state index contributed by atoms with van der Waals surface area (Å²) in [5.41, 5.74) is -1.48. The molecule has 1 spiro atoms. The van der Waals surface area contributed by atoms with E-state index in [2.05, 4.69) is 0 Å². The van der Waals surface area contributed by atoms with Crippen LogP contribution in [0.5, 0.6) is 0 Å². The Bertz CT molecular complexity index is 1020. The van der Waals surface area contributed by atoms with Crippen molar-refractivity contribution in [2.45, 2.75) is 42.7 Å². The van der Waals surface area contributed by atoms with Gasteiger partial charge in [0, 0.05) is 0 Å². The first-order valence-electron chi connectivity index (χ1n) is 8.27. The van der Waals surface area contributed by atoms with Gasteiger partial charge < -0.3 is 15.3 Å². The molecule has 0 saturated heterocycles. The van der Waals surface area contributed by atoms with Gasteiger partial charge in [-0.25, -0.2) is 23.5 Å². The summed E-state index contributed by atoms with van der Waals surface area (Å²) in [5.74, 6) is 0. The lowest BCUT2D eigenvalue weighted by molar-refractivity contribution is -0.110. The predicted octanol–water partition coefficient (Wildman–Crippen LogP) is -1.13. The van der Waals surface area contributed by atoms with Crippen LogP contribution in [0.15, 0.2) is 51.6 Å². The molecule has 2 aliphatic carbocycles. The molecule has 1 fully saturated rings. The number of para-hydroxylation sites is 1. The largest absolute Gasteiger partial charge is 0.389 e. The smallest absolute Gasteiger partial charge is 0.352 e. The van der Waals surface area contributed by atoms with Crippen molar-refractivity contribution in [2.75, 3.05) is 0 Å². The van der Waals surface area contributed by atoms with Crippen LogP contribution in [-0.4, -0.2) is 47.6 Å². The maximum absolute atomic E-state index is 13.1. The number of nitrogens with zero attached hydrogens (tertiary/aromatic N) is 3. The third kappa shape index (κ3) is 1.53. The van der Waals surface area contributed by atoms with E-state index in [1.54, 1.807) is 36.4 Å². The first-order valence-corrected chi connectivity index (χ1v) is 8.27. The van der Waals surface area contributed by atoms with Crippen LogP contribution in [-0.2, 0) is 5.54 Å². The van der Waals surface area contributed by atoms with Gasteiger partial charge in [-0.2, -0.15) is 0 Å². The van der Waals surface area contributed by atoms with Crippen molar-refractivity contribution in [1.82, 2.24) is 13.9 Å². The lowest BCUT2D eigenvalue weighted by Gasteiger charge is -2.50. The number of hydrogen-bond acceptors (Lipinski definition) is 5. The summed E-state index contributed by atoms with van der Waals surface area (Å²) in [5, 5.41) is 31.5. The van der Waals surface area contributed by atoms with Crippen LogP contribution in [0.4, 0.5) is 0 Å². The zero-order valence-electron chi connectivity index (χ0n) is 13.2. The summed E-state index contributed by atoms with van der Waals surface area (Å²) in [6, 6.07) is 7.65. The molecule has 2 bridgehead atoms. The second kappa shape index (κ2) is 4.60. The van der Waals surface area contributed by atoms with E-state index in [0.29, 0.717) is 17.7 Å². The molecule has 1 saturated carbocycles. The number of aliphatic hydroxyl groups excluding tert-OH is 3. The van der Waals surface area contributed by atoms with Gasteiger partial charge in [0.2, 0.25) is 0 Å². The first kappa shape index (κ1) is 14.9. The molecule has 4 aliphatic rings. The van der Waals surface area contributed by atoms with E-state index in [-0.39, 0.29) is 6.42 Å². The zero-order valence-corrected chi connectivity index (χ0v) is 13.2. The molecule has 25 heavy (non-hydrogen) atoms. The van der Waals surface area contributed by atoms with Gasteiger partial charge in [0.05, 0.1) is 11.8 Å². The quantitative estimate of drug-likeness (QED) is 0.568. The van der Waals surface area contributed by atoms with E-state index in [0.717, 1.165) is 4.57 Å². The van der Waals surface area contributed by atoms with E-state index < -0.39 is 41.3 Å². The molecular formula is C17H17N3O5. The average Bonchev–Trinajstić information content (AvgIpc) is 3.09. The summed E-state index contributed by atoms with van der Waals surface area (Å²) in [4.78, 5) is 26.1. The Balaban J connectivity index is 1.88. The molecule has 8 heteroatoms. The first-order chi connectivity index (χ1) is 12.0. The number of fused-ring (bicyclic) bond motifs is 1. The van der Waals surface area contributed by atoms with Crippen molar-refractivity contribution < 1.29 is 15.3 Å². The van der Waals surface area contributed by atoms with Crippen LogP contribution < -0.4 is 11.4 Å². The van der Waals surface area contributed by atoms with E-state index in [9.17, 15) is 24.9 Å². The fourth-order valence-electron chi connectivity index (χ4n) is 4.72. The number of aliphatic hydroxyl groups is 3. The molecule has 0 radical (unpaired) electrons. The van der Waals surface area contributed by atoms with Gasteiger partial charge in [0.1, 0.15) is 23.8 Å². The van der Waals surface area contributed by atoms with Crippen LogP contribution in [0.1, 0.15) is 18.9 Å². The van der Waals surface area contributed by atoms with Gasteiger partial charge in [0.25, 0.3) is 0 Å². The van der Waals surface area contributed by atoms with Crippen molar-refractivity contribution in [1.29, 1.82) is 0 Å². The van der Waals surface area contributed by atoms with Crippen molar-refractivity contribution in [3.05, 3.63) is 62.9 Å². The second-order valence-electron chi connectivity index (χ2n) is 6.92. The van der Waals surface area contributed by atoms with Crippen LogP contribution in [0.3, 0.4) is 0 Å². The van der Waals surface area contributed by atoms with Crippen LogP contribution >= 0.6 is 0 Å². The van der Waals surface area contributed by atoms with Crippen molar-refractivity contribution in [3.63, 3.8) is 0 Å². The van der Waals surface area contributed by atoms with Gasteiger partial charge in [-0.15, -0.1) is 0 Å². The summed E-state index contributed by atoms with van der Waals surface area (Å²) >= 11 is 0. The minimum atomic E-state index is -1.27. The Hall–Kier alpha value is -2.42. The van der Waals surface area contributed by atoms with Gasteiger partial charge in [-0.05, 0) is 30.5 Å². The molecule has 8 nitrogen and oxygen atoms in total. The topological polar surface area (TPSA) is 110 Å². The Morgan fingerprint density at radius 1 is 1.04 bits per heavy atom. The summed E-state index contributed by atoms with van der Waals surface area (Å²) in [7, 11) is 0. The normalized spacial score (nSPS) is 35.4. The molecule has 130 valence electrons. The molecule has 0 unspecified atom stereocenters. The van der Waals surface area contributed by atoms with Crippen molar-refractivity contribution in [3.8, 4) is 5.69 Å². The summed E-state index contributed by atoms with van der Waals surface area (Å²) in [6.45, 7) is 0. The molecule has 3 heterocycles. The number of rotatable bonds is 1. The molecule has 1 aromatic carbocycles. The third-order valence-electron chi connectivity index (χ3n) is 5.82. The Labute approximate surface area is 141 Å². The molecule has 5 atom stereocenters. The third-order valence-corrected chi connectivity index (χ3v) is 5.82. The SMILES string of the molecule is O=c1n(-c2ccccc2)c(=O)n2n1[C@H]1C=C3[C@H](O)CC[C@]32[C@@H](O)[C@H]1O. The Kier molecular flexibility index (Phi) is 2.74. The minimum Gasteiger partial charge on any atom is -0.389 e. The van der Waals surface area contributed by atoms with Gasteiger partial charge in [0.15, 0.2) is 0 Å². The van der Waals surface area contributed by atoms with Gasteiger partial charge >= 0.3 is 11.4 Å². The van der Waals surface area contributed by atoms with E-state index >= 15 is 0 Å². The van der Waals surface area contributed by atoms with Gasteiger partial charge in [-0.1, -0.05) is 24.3 Å². The molecule has 0 amide bonds. The highest BCUT2D eigenvalue weighted by Gasteiger charge is 2.62. The van der Waals surface area contributed by atoms with Crippen molar-refractivity contribution >= 4 is 0 Å². The minimum absolute atomic E-state index is 0.281. The fourth-order valence-corrected chi connectivity index (χ4v) is 4.72. The standard InChI is InChI=1S/C17H17N3O5/c21-12-6-7-17-10(12)8-11(13(22)14(17)23)19-15(24)18(16(25)20(17)19)9-4-2-1-3-5-9/h1-5,8,11-14,21-23H,6-7H2/t11-,12+,13-,14-,17+/m0/s1. The Morgan fingerprint density at radius 3 is 2.48 bits per heavy atom. The highest BCUT2D eigenvalue weighted by molar-refractivity contribution is 5.39.